The Hall–Kier alpha value is 0.340. The molecule has 0 N–H and O–H groups in total. The third-order valence-corrected chi connectivity index (χ3v) is 0.845. The Morgan fingerprint density at radius 3 is 2.00 bits per heavy atom. The van der Waals surface area contributed by atoms with Gasteiger partial charge in [0.1, 0.15) is 12.1 Å². The van der Waals surface area contributed by atoms with Crippen LogP contribution in [0.5, 0.6) is 0 Å². The van der Waals surface area contributed by atoms with Gasteiger partial charge >= 0.3 is 29.6 Å². The van der Waals surface area contributed by atoms with Crippen molar-refractivity contribution in [3.8, 4) is 0 Å². The minimum absolute atomic E-state index is 0. The molecule has 1 atom stereocenters. The van der Waals surface area contributed by atoms with E-state index in [0.29, 0.717) is 6.29 Å². The molecule has 0 aromatic carbocycles. The Bertz CT molecular complexity index is 90.4. The van der Waals surface area contributed by atoms with Crippen LogP contribution in [0.15, 0.2) is 0 Å². The van der Waals surface area contributed by atoms with Crippen LogP contribution in [0.4, 0.5) is 0 Å². The van der Waals surface area contributed by atoms with Gasteiger partial charge < -0.3 is 4.79 Å². The van der Waals surface area contributed by atoms with Gasteiger partial charge in [-0.1, -0.05) is 0 Å². The number of rotatable bonds is 2. The van der Waals surface area contributed by atoms with E-state index in [9.17, 15) is 9.59 Å². The molecule has 1 unspecified atom stereocenters. The average Bonchev–Trinajstić information content (AvgIpc) is 1.65. The van der Waals surface area contributed by atoms with Gasteiger partial charge in [0.05, 0.1) is 5.92 Å². The van der Waals surface area contributed by atoms with Gasteiger partial charge in [0.2, 0.25) is 0 Å². The number of hydrogen-bond acceptors (Lipinski definition) is 2. The number of aldehydes is 1. The maximum atomic E-state index is 10.1. The molecule has 3 heteroatoms. The van der Waals surface area contributed by atoms with Crippen molar-refractivity contribution in [2.75, 3.05) is 0 Å². The average molecular weight is 123 g/mol. The van der Waals surface area contributed by atoms with E-state index < -0.39 is 5.92 Å². The zero-order chi connectivity index (χ0) is 5.86. The second-order valence-corrected chi connectivity index (χ2v) is 1.54. The second kappa shape index (κ2) is 5.48. The van der Waals surface area contributed by atoms with Crippen LogP contribution in [-0.4, -0.2) is 12.1 Å². The van der Waals surface area contributed by atoms with E-state index in [0.717, 1.165) is 0 Å². The number of carbonyl (C=O) groups excluding carboxylic acids is 2. The summed E-state index contributed by atoms with van der Waals surface area (Å²) >= 11 is 0. The predicted octanol–water partition coefficient (Wildman–Crippen LogP) is -2.59. The van der Waals surface area contributed by atoms with Gasteiger partial charge in [-0.25, -0.2) is 0 Å². The van der Waals surface area contributed by atoms with Crippen molar-refractivity contribution in [1.82, 2.24) is 0 Å². The SMILES string of the molecule is CC(=O)C(C)C=O.[Na+]. The van der Waals surface area contributed by atoms with Crippen molar-refractivity contribution < 1.29 is 39.1 Å². The van der Waals surface area contributed by atoms with Gasteiger partial charge in [-0.15, -0.1) is 0 Å². The van der Waals surface area contributed by atoms with Crippen molar-refractivity contribution >= 4 is 12.1 Å². The molecule has 0 aliphatic rings. The molecule has 2 nitrogen and oxygen atoms in total. The van der Waals surface area contributed by atoms with E-state index in [-0.39, 0.29) is 35.3 Å². The molecule has 0 amide bonds. The fourth-order valence-electron chi connectivity index (χ4n) is 0.0958. The van der Waals surface area contributed by atoms with E-state index in [2.05, 4.69) is 0 Å². The van der Waals surface area contributed by atoms with Crippen LogP contribution < -0.4 is 29.6 Å². The van der Waals surface area contributed by atoms with E-state index >= 15 is 0 Å². The summed E-state index contributed by atoms with van der Waals surface area (Å²) < 4.78 is 0. The van der Waals surface area contributed by atoms with Crippen LogP contribution >= 0.6 is 0 Å². The zero-order valence-corrected chi connectivity index (χ0v) is 7.47. The van der Waals surface area contributed by atoms with E-state index in [1.54, 1.807) is 6.92 Å². The van der Waals surface area contributed by atoms with Gasteiger partial charge in [0, 0.05) is 0 Å². The molecule has 0 aliphatic carbocycles. The Balaban J connectivity index is 0. The smallest absolute Gasteiger partial charge is 0.303 e. The summed E-state index contributed by atoms with van der Waals surface area (Å²) in [7, 11) is 0. The van der Waals surface area contributed by atoms with Crippen molar-refractivity contribution in [3.63, 3.8) is 0 Å². The maximum Gasteiger partial charge on any atom is 1.00 e. The first-order valence-corrected chi connectivity index (χ1v) is 2.14. The molecule has 0 rings (SSSR count). The molecule has 0 fully saturated rings. The Morgan fingerprint density at radius 2 is 2.00 bits per heavy atom. The molecule has 0 aliphatic heterocycles. The van der Waals surface area contributed by atoms with Crippen molar-refractivity contribution in [2.24, 2.45) is 5.92 Å². The number of hydrogen-bond donors (Lipinski definition) is 0. The molecule has 0 spiro atoms. The van der Waals surface area contributed by atoms with E-state index in [1.165, 1.54) is 6.92 Å². The first-order chi connectivity index (χ1) is 3.18. The monoisotopic (exact) mass is 123 g/mol. The second-order valence-electron chi connectivity index (χ2n) is 1.54. The fraction of sp³-hybridized carbons (Fsp3) is 0.600. The summed E-state index contributed by atoms with van der Waals surface area (Å²) in [6, 6.07) is 0. The van der Waals surface area contributed by atoms with Crippen LogP contribution in [0.1, 0.15) is 13.8 Å². The molecule has 0 saturated carbocycles. The van der Waals surface area contributed by atoms with Crippen molar-refractivity contribution in [1.29, 1.82) is 0 Å². The standard InChI is InChI=1S/C5H8O2.Na/c1-4(3-6)5(2)7;/h3-4H,1-2H3;/q;+1. The number of Topliss-reactive ketones (excluding diaryl/α,β-unsaturated/α-hetero) is 1. The first-order valence-electron chi connectivity index (χ1n) is 2.14. The van der Waals surface area contributed by atoms with Gasteiger partial charge in [-0.05, 0) is 13.8 Å². The largest absolute Gasteiger partial charge is 1.00 e. The summed E-state index contributed by atoms with van der Waals surface area (Å²) in [6.45, 7) is 2.98. The summed E-state index contributed by atoms with van der Waals surface area (Å²) in [5.74, 6) is -0.491. The van der Waals surface area contributed by atoms with Crippen LogP contribution in [0, 0.1) is 5.92 Å². The molecule has 0 radical (unpaired) electrons. The van der Waals surface area contributed by atoms with Crippen molar-refractivity contribution in [2.45, 2.75) is 13.8 Å². The molecular formula is C5H8NaO2+. The third-order valence-electron chi connectivity index (χ3n) is 0.845. The maximum absolute atomic E-state index is 10.1. The molecule has 0 bridgehead atoms. The van der Waals surface area contributed by atoms with Crippen LogP contribution in [0.2, 0.25) is 0 Å². The molecule has 8 heavy (non-hydrogen) atoms. The zero-order valence-electron chi connectivity index (χ0n) is 5.47. The Morgan fingerprint density at radius 1 is 1.62 bits per heavy atom. The normalized spacial score (nSPS) is 11.2. The molecule has 0 aromatic heterocycles. The fourth-order valence-corrected chi connectivity index (χ4v) is 0.0958. The van der Waals surface area contributed by atoms with Crippen LogP contribution in [0.3, 0.4) is 0 Å². The predicted molar refractivity (Wildman–Crippen MR) is 25.9 cm³/mol. The Labute approximate surface area is 70.9 Å². The summed E-state index contributed by atoms with van der Waals surface area (Å²) in [5, 5.41) is 0. The molecular weight excluding hydrogens is 115 g/mol. The summed E-state index contributed by atoms with van der Waals surface area (Å²) in [6.07, 6.45) is 0.641. The number of carbonyl (C=O) groups is 2. The van der Waals surface area contributed by atoms with Crippen LogP contribution in [-0.2, 0) is 9.59 Å². The van der Waals surface area contributed by atoms with Gasteiger partial charge in [0.25, 0.3) is 0 Å². The molecule has 0 heterocycles. The minimum atomic E-state index is -0.417. The minimum Gasteiger partial charge on any atom is -0.303 e. The van der Waals surface area contributed by atoms with E-state index in [4.69, 9.17) is 0 Å². The molecule has 0 aromatic rings. The third kappa shape index (κ3) is 4.50. The summed E-state index contributed by atoms with van der Waals surface area (Å²) in [5.41, 5.74) is 0. The first kappa shape index (κ1) is 11.2. The topological polar surface area (TPSA) is 34.1 Å². The van der Waals surface area contributed by atoms with Crippen LogP contribution in [0.25, 0.3) is 0 Å². The molecule has 0 saturated heterocycles. The quantitative estimate of drug-likeness (QED) is 0.229. The molecule has 40 valence electrons. The van der Waals surface area contributed by atoms with Gasteiger partial charge in [0.15, 0.2) is 0 Å². The Kier molecular flexibility index (Phi) is 7.65. The van der Waals surface area contributed by atoms with Gasteiger partial charge in [-0.3, -0.25) is 4.79 Å². The van der Waals surface area contributed by atoms with E-state index in [1.807, 2.05) is 0 Å². The summed E-state index contributed by atoms with van der Waals surface area (Å²) in [4.78, 5) is 19.9. The number of ketones is 1. The van der Waals surface area contributed by atoms with Gasteiger partial charge in [-0.2, -0.15) is 0 Å². The van der Waals surface area contributed by atoms with Crippen molar-refractivity contribution in [3.05, 3.63) is 0 Å².